The highest BCUT2D eigenvalue weighted by molar-refractivity contribution is 5.79. The van der Waals surface area contributed by atoms with Crippen molar-refractivity contribution in [2.75, 3.05) is 13.1 Å². The van der Waals surface area contributed by atoms with E-state index in [0.29, 0.717) is 17.7 Å². The first-order valence-electron chi connectivity index (χ1n) is 5.44. The van der Waals surface area contributed by atoms with E-state index in [4.69, 9.17) is 10.9 Å². The highest BCUT2D eigenvalue weighted by Crippen LogP contribution is 2.60. The van der Waals surface area contributed by atoms with E-state index in [1.54, 1.807) is 0 Å². The van der Waals surface area contributed by atoms with Crippen molar-refractivity contribution in [3.8, 4) is 0 Å². The molecule has 2 fully saturated rings. The Kier molecular flexibility index (Phi) is 2.63. The summed E-state index contributed by atoms with van der Waals surface area (Å²) >= 11 is 0. The van der Waals surface area contributed by atoms with E-state index in [9.17, 15) is 0 Å². The van der Waals surface area contributed by atoms with Crippen LogP contribution in [0.4, 0.5) is 0 Å². The van der Waals surface area contributed by atoms with Crippen LogP contribution in [-0.2, 0) is 0 Å². The normalized spacial score (nSPS) is 25.0. The third kappa shape index (κ3) is 2.18. The van der Waals surface area contributed by atoms with Gasteiger partial charge in [-0.05, 0) is 37.0 Å². The maximum Gasteiger partial charge on any atom is 0.140 e. The lowest BCUT2D eigenvalue weighted by Crippen LogP contribution is -2.28. The number of hydrogen-bond acceptors (Lipinski definition) is 3. The maximum absolute atomic E-state index is 8.34. The van der Waals surface area contributed by atoms with E-state index in [0.717, 1.165) is 19.0 Å². The molecule has 4 N–H and O–H groups in total. The summed E-state index contributed by atoms with van der Waals surface area (Å²) in [6, 6.07) is 0. The van der Waals surface area contributed by atoms with Crippen LogP contribution in [0.3, 0.4) is 0 Å². The number of hydrogen-bond donors (Lipinski definition) is 3. The van der Waals surface area contributed by atoms with Crippen LogP contribution in [0.5, 0.6) is 0 Å². The quantitative estimate of drug-likeness (QED) is 0.195. The third-order valence-electron chi connectivity index (χ3n) is 3.50. The fraction of sp³-hybridized carbons (Fsp3) is 0.900. The molecule has 2 saturated carbocycles. The molecule has 14 heavy (non-hydrogen) atoms. The van der Waals surface area contributed by atoms with Crippen molar-refractivity contribution >= 4 is 5.84 Å². The second-order valence-electron chi connectivity index (χ2n) is 4.65. The second kappa shape index (κ2) is 3.77. The average Bonchev–Trinajstić information content (AvgIpc) is 3.02. The highest BCUT2D eigenvalue weighted by Gasteiger charge is 2.52. The SMILES string of the molecule is NC(CCNCC1(C2CC2)CC1)=NO. The van der Waals surface area contributed by atoms with E-state index in [-0.39, 0.29) is 0 Å². The van der Waals surface area contributed by atoms with Crippen LogP contribution >= 0.6 is 0 Å². The Balaban J connectivity index is 1.59. The number of nitrogens with one attached hydrogen (secondary N) is 1. The molecule has 0 aliphatic heterocycles. The van der Waals surface area contributed by atoms with Gasteiger partial charge in [0.15, 0.2) is 0 Å². The van der Waals surface area contributed by atoms with E-state index in [2.05, 4.69) is 10.5 Å². The third-order valence-corrected chi connectivity index (χ3v) is 3.50. The van der Waals surface area contributed by atoms with Gasteiger partial charge in [0, 0.05) is 19.5 Å². The van der Waals surface area contributed by atoms with E-state index in [1.807, 2.05) is 0 Å². The average molecular weight is 197 g/mol. The van der Waals surface area contributed by atoms with Crippen LogP contribution in [0.2, 0.25) is 0 Å². The van der Waals surface area contributed by atoms with Gasteiger partial charge in [0.1, 0.15) is 5.84 Å². The first-order chi connectivity index (χ1) is 6.77. The van der Waals surface area contributed by atoms with Crippen molar-refractivity contribution < 1.29 is 5.21 Å². The van der Waals surface area contributed by atoms with Gasteiger partial charge in [-0.15, -0.1) is 0 Å². The van der Waals surface area contributed by atoms with Gasteiger partial charge in [-0.2, -0.15) is 0 Å². The molecule has 0 aromatic carbocycles. The van der Waals surface area contributed by atoms with Gasteiger partial charge in [-0.3, -0.25) is 0 Å². The van der Waals surface area contributed by atoms with Gasteiger partial charge >= 0.3 is 0 Å². The summed E-state index contributed by atoms with van der Waals surface area (Å²) in [5.74, 6) is 1.31. The lowest BCUT2D eigenvalue weighted by molar-refractivity contribution is 0.316. The van der Waals surface area contributed by atoms with Crippen molar-refractivity contribution in [2.24, 2.45) is 22.2 Å². The monoisotopic (exact) mass is 197 g/mol. The van der Waals surface area contributed by atoms with E-state index < -0.39 is 0 Å². The second-order valence-corrected chi connectivity index (χ2v) is 4.65. The Morgan fingerprint density at radius 2 is 2.21 bits per heavy atom. The number of rotatable bonds is 6. The summed E-state index contributed by atoms with van der Waals surface area (Å²) in [4.78, 5) is 0. The maximum atomic E-state index is 8.34. The first kappa shape index (κ1) is 9.77. The van der Waals surface area contributed by atoms with Crippen molar-refractivity contribution in [3.05, 3.63) is 0 Å². The van der Waals surface area contributed by atoms with E-state index in [1.165, 1.54) is 25.7 Å². The topological polar surface area (TPSA) is 70.6 Å². The number of amidine groups is 1. The molecule has 2 aliphatic carbocycles. The molecule has 0 bridgehead atoms. The Morgan fingerprint density at radius 3 is 2.71 bits per heavy atom. The summed E-state index contributed by atoms with van der Waals surface area (Å²) in [6.07, 6.45) is 6.30. The molecule has 0 aromatic rings. The van der Waals surface area contributed by atoms with Gasteiger partial charge in [0.05, 0.1) is 0 Å². The van der Waals surface area contributed by atoms with Gasteiger partial charge < -0.3 is 16.3 Å². The summed E-state index contributed by atoms with van der Waals surface area (Å²) in [6.45, 7) is 1.95. The zero-order chi connectivity index (χ0) is 10.0. The summed E-state index contributed by atoms with van der Waals surface area (Å²) in [5.41, 5.74) is 6.01. The molecule has 0 atom stereocenters. The van der Waals surface area contributed by atoms with Gasteiger partial charge in [-0.25, -0.2) is 0 Å². The summed E-state index contributed by atoms with van der Waals surface area (Å²) in [7, 11) is 0. The zero-order valence-electron chi connectivity index (χ0n) is 8.50. The fourth-order valence-electron chi connectivity index (χ4n) is 2.19. The molecule has 80 valence electrons. The van der Waals surface area contributed by atoms with E-state index >= 15 is 0 Å². The summed E-state index contributed by atoms with van der Waals surface area (Å²) < 4.78 is 0. The molecule has 0 unspecified atom stereocenters. The lowest BCUT2D eigenvalue weighted by Gasteiger charge is -2.14. The standard InChI is InChI=1S/C10H19N3O/c11-9(13-14)3-6-12-7-10(4-5-10)8-1-2-8/h8,12,14H,1-7H2,(H2,11,13). The van der Waals surface area contributed by atoms with Crippen molar-refractivity contribution in [1.82, 2.24) is 5.32 Å². The Hall–Kier alpha value is -0.770. The van der Waals surface area contributed by atoms with Crippen LogP contribution in [0, 0.1) is 11.3 Å². The van der Waals surface area contributed by atoms with Crippen molar-refractivity contribution in [2.45, 2.75) is 32.1 Å². The Bertz CT molecular complexity index is 232. The molecule has 0 heterocycles. The predicted octanol–water partition coefficient (Wildman–Crippen LogP) is 0.903. The van der Waals surface area contributed by atoms with Gasteiger partial charge in [0.2, 0.25) is 0 Å². The van der Waals surface area contributed by atoms with Gasteiger partial charge in [-0.1, -0.05) is 5.16 Å². The molecular formula is C10H19N3O. The van der Waals surface area contributed by atoms with Crippen molar-refractivity contribution in [3.63, 3.8) is 0 Å². The smallest absolute Gasteiger partial charge is 0.140 e. The minimum absolute atomic E-state index is 0.314. The molecule has 0 saturated heterocycles. The first-order valence-corrected chi connectivity index (χ1v) is 5.44. The van der Waals surface area contributed by atoms with Crippen LogP contribution in [-0.4, -0.2) is 24.1 Å². The molecule has 4 heteroatoms. The van der Waals surface area contributed by atoms with Crippen LogP contribution in [0.15, 0.2) is 5.16 Å². The molecular weight excluding hydrogens is 178 g/mol. The molecule has 0 amide bonds. The van der Waals surface area contributed by atoms with Crippen LogP contribution in [0.1, 0.15) is 32.1 Å². The number of oxime groups is 1. The number of nitrogens with two attached hydrogens (primary N) is 1. The summed E-state index contributed by atoms with van der Waals surface area (Å²) in [5, 5.41) is 14.7. The van der Waals surface area contributed by atoms with Gasteiger partial charge in [0.25, 0.3) is 0 Å². The zero-order valence-corrected chi connectivity index (χ0v) is 8.50. The van der Waals surface area contributed by atoms with Crippen LogP contribution in [0.25, 0.3) is 0 Å². The Labute approximate surface area is 84.5 Å². The molecule has 4 nitrogen and oxygen atoms in total. The van der Waals surface area contributed by atoms with Crippen LogP contribution < -0.4 is 11.1 Å². The minimum Gasteiger partial charge on any atom is -0.409 e. The largest absolute Gasteiger partial charge is 0.409 e. The Morgan fingerprint density at radius 1 is 1.50 bits per heavy atom. The fourth-order valence-corrected chi connectivity index (χ4v) is 2.19. The lowest BCUT2D eigenvalue weighted by atomic mass is 10.0. The molecule has 2 aliphatic rings. The molecule has 2 rings (SSSR count). The molecule has 0 radical (unpaired) electrons. The predicted molar refractivity (Wildman–Crippen MR) is 55.3 cm³/mol. The van der Waals surface area contributed by atoms with Crippen molar-refractivity contribution in [1.29, 1.82) is 0 Å². The molecule has 0 spiro atoms. The number of nitrogens with zero attached hydrogens (tertiary/aromatic N) is 1. The highest BCUT2D eigenvalue weighted by atomic mass is 16.4. The minimum atomic E-state index is 0.314. The molecule has 0 aromatic heterocycles.